The molecule has 0 spiro atoms. The van der Waals surface area contributed by atoms with Gasteiger partial charge in [0.25, 0.3) is 0 Å². The fourth-order valence-corrected chi connectivity index (χ4v) is 4.06. The molecule has 0 unspecified atom stereocenters. The van der Waals surface area contributed by atoms with Gasteiger partial charge in [0.1, 0.15) is 0 Å². The van der Waals surface area contributed by atoms with E-state index in [0.29, 0.717) is 12.6 Å². The first-order chi connectivity index (χ1) is 11.1. The molecule has 0 radical (unpaired) electrons. The Kier molecular flexibility index (Phi) is 5.23. The fraction of sp³-hybridized carbons (Fsp3) is 0.778. The quantitative estimate of drug-likeness (QED) is 0.795. The number of hydrogen-bond donors (Lipinski definition) is 1. The van der Waals surface area contributed by atoms with Crippen LogP contribution in [0.15, 0.2) is 11.6 Å². The Bertz CT molecular complexity index is 483. The van der Waals surface area contributed by atoms with Gasteiger partial charge in [-0.2, -0.15) is 0 Å². The van der Waals surface area contributed by atoms with E-state index in [2.05, 4.69) is 18.3 Å². The Morgan fingerprint density at radius 1 is 1.09 bits per heavy atom. The molecule has 1 N–H and O–H groups in total. The van der Waals surface area contributed by atoms with Gasteiger partial charge in [-0.1, -0.05) is 24.5 Å². The van der Waals surface area contributed by atoms with Crippen LogP contribution in [-0.2, 0) is 4.79 Å². The first kappa shape index (κ1) is 16.3. The molecule has 0 aromatic rings. The number of urea groups is 1. The van der Waals surface area contributed by atoms with Crippen LogP contribution in [0, 0.1) is 5.92 Å². The van der Waals surface area contributed by atoms with Gasteiger partial charge in [0.05, 0.1) is 5.92 Å². The molecule has 3 rings (SSSR count). The molecule has 2 heterocycles. The van der Waals surface area contributed by atoms with Crippen molar-refractivity contribution < 1.29 is 9.59 Å². The summed E-state index contributed by atoms with van der Waals surface area (Å²) in [5.41, 5.74) is 1.27. The van der Waals surface area contributed by atoms with Crippen molar-refractivity contribution in [3.63, 3.8) is 0 Å². The highest BCUT2D eigenvalue weighted by Gasteiger charge is 2.32. The summed E-state index contributed by atoms with van der Waals surface area (Å²) in [4.78, 5) is 29.0. The van der Waals surface area contributed by atoms with Crippen LogP contribution in [-0.4, -0.2) is 54.0 Å². The lowest BCUT2D eigenvalue weighted by molar-refractivity contribution is -0.136. The smallest absolute Gasteiger partial charge is 0.317 e. The SMILES string of the molecule is CC1=CCCN(C(=O)[C@H]2CCCN(C(=O)NC3CCCC3)C2)C1. The highest BCUT2D eigenvalue weighted by atomic mass is 16.2. The zero-order chi connectivity index (χ0) is 16.2. The Hall–Kier alpha value is -1.52. The average Bonchev–Trinajstić information content (AvgIpc) is 3.07. The number of rotatable bonds is 2. The van der Waals surface area contributed by atoms with Gasteiger partial charge in [0.2, 0.25) is 5.91 Å². The maximum Gasteiger partial charge on any atom is 0.317 e. The highest BCUT2D eigenvalue weighted by molar-refractivity contribution is 5.81. The van der Waals surface area contributed by atoms with Gasteiger partial charge in [0, 0.05) is 32.2 Å². The lowest BCUT2D eigenvalue weighted by Crippen LogP contribution is -2.51. The number of hydrogen-bond acceptors (Lipinski definition) is 2. The van der Waals surface area contributed by atoms with Gasteiger partial charge in [-0.25, -0.2) is 4.79 Å². The van der Waals surface area contributed by atoms with Gasteiger partial charge >= 0.3 is 6.03 Å². The summed E-state index contributed by atoms with van der Waals surface area (Å²) in [6.07, 6.45) is 9.63. The van der Waals surface area contributed by atoms with E-state index < -0.39 is 0 Å². The van der Waals surface area contributed by atoms with Gasteiger partial charge in [0.15, 0.2) is 0 Å². The van der Waals surface area contributed by atoms with Crippen molar-refractivity contribution >= 4 is 11.9 Å². The van der Waals surface area contributed by atoms with E-state index in [1.165, 1.54) is 18.4 Å². The molecule has 5 nitrogen and oxygen atoms in total. The van der Waals surface area contributed by atoms with E-state index in [1.54, 1.807) is 0 Å². The Balaban J connectivity index is 1.53. The Morgan fingerprint density at radius 3 is 2.61 bits per heavy atom. The fourth-order valence-electron chi connectivity index (χ4n) is 4.06. The number of piperidine rings is 1. The molecule has 5 heteroatoms. The van der Waals surface area contributed by atoms with E-state index >= 15 is 0 Å². The van der Waals surface area contributed by atoms with Crippen molar-refractivity contribution in [2.75, 3.05) is 26.2 Å². The zero-order valence-electron chi connectivity index (χ0n) is 14.2. The molecule has 0 bridgehead atoms. The first-order valence-electron chi connectivity index (χ1n) is 9.13. The van der Waals surface area contributed by atoms with Crippen LogP contribution >= 0.6 is 0 Å². The van der Waals surface area contributed by atoms with E-state index in [1.807, 2.05) is 9.80 Å². The molecule has 1 saturated carbocycles. The number of carbonyl (C=O) groups is 2. The molecule has 3 aliphatic rings. The van der Waals surface area contributed by atoms with E-state index in [0.717, 1.165) is 51.7 Å². The second kappa shape index (κ2) is 7.37. The van der Waals surface area contributed by atoms with Gasteiger partial charge < -0.3 is 15.1 Å². The summed E-state index contributed by atoms with van der Waals surface area (Å²) in [6, 6.07) is 0.373. The number of nitrogens with one attached hydrogen (secondary N) is 1. The second-order valence-electron chi connectivity index (χ2n) is 7.31. The van der Waals surface area contributed by atoms with Crippen LogP contribution in [0.25, 0.3) is 0 Å². The molecule has 23 heavy (non-hydrogen) atoms. The normalized spacial score (nSPS) is 26.1. The number of carbonyl (C=O) groups excluding carboxylic acids is 2. The second-order valence-corrected chi connectivity index (χ2v) is 7.31. The van der Waals surface area contributed by atoms with Crippen molar-refractivity contribution in [1.82, 2.24) is 15.1 Å². The third kappa shape index (κ3) is 4.06. The van der Waals surface area contributed by atoms with Gasteiger partial charge in [-0.3, -0.25) is 4.79 Å². The van der Waals surface area contributed by atoms with Gasteiger partial charge in [-0.15, -0.1) is 0 Å². The monoisotopic (exact) mass is 319 g/mol. The highest BCUT2D eigenvalue weighted by Crippen LogP contribution is 2.22. The topological polar surface area (TPSA) is 52.7 Å². The Labute approximate surface area is 139 Å². The third-order valence-corrected chi connectivity index (χ3v) is 5.38. The molecule has 2 fully saturated rings. The molecule has 3 amide bonds. The van der Waals surface area contributed by atoms with Crippen LogP contribution in [0.5, 0.6) is 0 Å². The number of nitrogens with zero attached hydrogens (tertiary/aromatic N) is 2. The molecule has 0 aromatic carbocycles. The maximum atomic E-state index is 12.8. The van der Waals surface area contributed by atoms with Crippen LogP contribution in [0.2, 0.25) is 0 Å². The minimum Gasteiger partial charge on any atom is -0.338 e. The van der Waals surface area contributed by atoms with Crippen molar-refractivity contribution in [2.45, 2.75) is 57.9 Å². The van der Waals surface area contributed by atoms with Crippen molar-refractivity contribution in [1.29, 1.82) is 0 Å². The third-order valence-electron chi connectivity index (χ3n) is 5.38. The minimum atomic E-state index is -0.0241. The average molecular weight is 319 g/mol. The molecule has 1 aliphatic carbocycles. The summed E-state index contributed by atoms with van der Waals surface area (Å²) >= 11 is 0. The summed E-state index contributed by atoms with van der Waals surface area (Å²) in [5.74, 6) is 0.208. The predicted molar refractivity (Wildman–Crippen MR) is 90.0 cm³/mol. The van der Waals surface area contributed by atoms with Gasteiger partial charge in [-0.05, 0) is 39.0 Å². The summed E-state index contributed by atoms with van der Waals surface area (Å²) in [5, 5.41) is 3.15. The van der Waals surface area contributed by atoms with Crippen LogP contribution < -0.4 is 5.32 Å². The molecule has 1 atom stereocenters. The molecule has 2 aliphatic heterocycles. The van der Waals surface area contributed by atoms with Crippen molar-refractivity contribution in [3.05, 3.63) is 11.6 Å². The van der Waals surface area contributed by atoms with Crippen molar-refractivity contribution in [3.8, 4) is 0 Å². The molecular weight excluding hydrogens is 290 g/mol. The lowest BCUT2D eigenvalue weighted by Gasteiger charge is -2.36. The standard InChI is InChI=1S/C18H29N3O2/c1-14-6-4-10-20(12-14)17(22)15-7-5-11-21(13-15)18(23)19-16-8-2-3-9-16/h6,15-16H,2-5,7-13H2,1H3,(H,19,23)/t15-/m0/s1. The Morgan fingerprint density at radius 2 is 1.87 bits per heavy atom. The van der Waals surface area contributed by atoms with Crippen LogP contribution in [0.3, 0.4) is 0 Å². The predicted octanol–water partition coefficient (Wildman–Crippen LogP) is 2.53. The molecule has 0 aromatic heterocycles. The largest absolute Gasteiger partial charge is 0.338 e. The maximum absolute atomic E-state index is 12.8. The van der Waals surface area contributed by atoms with Crippen LogP contribution in [0.4, 0.5) is 4.79 Å². The molecule has 128 valence electrons. The number of amides is 3. The lowest BCUT2D eigenvalue weighted by atomic mass is 9.95. The van der Waals surface area contributed by atoms with E-state index in [-0.39, 0.29) is 17.9 Å². The van der Waals surface area contributed by atoms with E-state index in [4.69, 9.17) is 0 Å². The number of likely N-dealkylation sites (tertiary alicyclic amines) is 1. The first-order valence-corrected chi connectivity index (χ1v) is 9.13. The molecular formula is C18H29N3O2. The summed E-state index contributed by atoms with van der Waals surface area (Å²) in [7, 11) is 0. The van der Waals surface area contributed by atoms with Crippen molar-refractivity contribution in [2.24, 2.45) is 5.92 Å². The summed E-state index contributed by atoms with van der Waals surface area (Å²) in [6.45, 7) is 5.02. The summed E-state index contributed by atoms with van der Waals surface area (Å²) < 4.78 is 0. The van der Waals surface area contributed by atoms with E-state index in [9.17, 15) is 9.59 Å². The van der Waals surface area contributed by atoms with Crippen LogP contribution in [0.1, 0.15) is 51.9 Å². The minimum absolute atomic E-state index is 0.0241. The zero-order valence-corrected chi connectivity index (χ0v) is 14.2. The molecule has 1 saturated heterocycles.